The Morgan fingerprint density at radius 3 is 3.00 bits per heavy atom. The second-order valence-electron chi connectivity index (χ2n) is 2.94. The zero-order valence-corrected chi connectivity index (χ0v) is 8.33. The molecule has 15 heavy (non-hydrogen) atoms. The van der Waals surface area contributed by atoms with Crippen LogP contribution >= 0.6 is 0 Å². The van der Waals surface area contributed by atoms with Gasteiger partial charge in [0, 0.05) is 6.61 Å². The van der Waals surface area contributed by atoms with Gasteiger partial charge in [0.1, 0.15) is 0 Å². The average molecular weight is 215 g/mol. The number of rotatable bonds is 6. The summed E-state index contributed by atoms with van der Waals surface area (Å²) in [4.78, 5) is 10.5. The van der Waals surface area contributed by atoms with Crippen molar-refractivity contribution < 1.29 is 19.7 Å². The first-order valence-electron chi connectivity index (χ1n) is 4.52. The molecule has 0 saturated heterocycles. The highest BCUT2D eigenvalue weighted by Gasteiger charge is 2.11. The highest BCUT2D eigenvalue weighted by atomic mass is 16.5. The summed E-state index contributed by atoms with van der Waals surface area (Å²) in [6.07, 6.45) is 0.547. The van der Waals surface area contributed by atoms with Crippen LogP contribution in [-0.2, 0) is 11.3 Å². The Balaban J connectivity index is 2.46. The van der Waals surface area contributed by atoms with E-state index in [-0.39, 0.29) is 18.8 Å². The number of carboxylic acids is 1. The predicted octanol–water partition coefficient (Wildman–Crippen LogP) is -0.626. The third kappa shape index (κ3) is 3.64. The summed E-state index contributed by atoms with van der Waals surface area (Å²) in [7, 11) is 0. The van der Waals surface area contributed by atoms with Crippen LogP contribution in [0.15, 0.2) is 6.20 Å². The maximum atomic E-state index is 10.5. The molecule has 0 aliphatic carbocycles. The molecule has 0 radical (unpaired) electrons. The van der Waals surface area contributed by atoms with Gasteiger partial charge in [0.15, 0.2) is 5.69 Å². The fourth-order valence-corrected chi connectivity index (χ4v) is 1.01. The number of aliphatic hydroxyl groups excluding tert-OH is 1. The van der Waals surface area contributed by atoms with Crippen molar-refractivity contribution in [1.82, 2.24) is 15.0 Å². The van der Waals surface area contributed by atoms with Gasteiger partial charge >= 0.3 is 5.97 Å². The Morgan fingerprint density at radius 2 is 2.47 bits per heavy atom. The highest BCUT2D eigenvalue weighted by Crippen LogP contribution is 1.96. The van der Waals surface area contributed by atoms with Crippen molar-refractivity contribution in [2.24, 2.45) is 0 Å². The molecule has 0 fully saturated rings. The van der Waals surface area contributed by atoms with Gasteiger partial charge in [-0.2, -0.15) is 0 Å². The normalized spacial score (nSPS) is 12.7. The van der Waals surface area contributed by atoms with E-state index in [0.717, 1.165) is 0 Å². The van der Waals surface area contributed by atoms with Crippen molar-refractivity contribution >= 4 is 5.97 Å². The lowest BCUT2D eigenvalue weighted by Crippen LogP contribution is -2.22. The first-order chi connectivity index (χ1) is 7.13. The first-order valence-corrected chi connectivity index (χ1v) is 4.52. The van der Waals surface area contributed by atoms with Crippen LogP contribution in [0.5, 0.6) is 0 Å². The molecule has 0 bridgehead atoms. The molecule has 1 aromatic rings. The summed E-state index contributed by atoms with van der Waals surface area (Å²) in [6.45, 7) is 2.71. The van der Waals surface area contributed by atoms with Gasteiger partial charge in [-0.15, -0.1) is 5.10 Å². The number of hydrogen-bond donors (Lipinski definition) is 2. The highest BCUT2D eigenvalue weighted by molar-refractivity contribution is 5.84. The fourth-order valence-electron chi connectivity index (χ4n) is 1.01. The summed E-state index contributed by atoms with van der Waals surface area (Å²) in [5, 5.41) is 25.0. The predicted molar refractivity (Wildman–Crippen MR) is 49.5 cm³/mol. The third-order valence-electron chi connectivity index (χ3n) is 1.67. The van der Waals surface area contributed by atoms with Gasteiger partial charge in [-0.05, 0) is 6.92 Å². The summed E-state index contributed by atoms with van der Waals surface area (Å²) in [5.74, 6) is -1.14. The maximum Gasteiger partial charge on any atom is 0.358 e. The van der Waals surface area contributed by atoms with Gasteiger partial charge in [0.2, 0.25) is 0 Å². The van der Waals surface area contributed by atoms with E-state index >= 15 is 0 Å². The smallest absolute Gasteiger partial charge is 0.358 e. The monoisotopic (exact) mass is 215 g/mol. The van der Waals surface area contributed by atoms with Crippen LogP contribution in [0.4, 0.5) is 0 Å². The molecule has 0 aromatic carbocycles. The van der Waals surface area contributed by atoms with Gasteiger partial charge < -0.3 is 14.9 Å². The van der Waals surface area contributed by atoms with Crippen molar-refractivity contribution in [3.63, 3.8) is 0 Å². The summed E-state index contributed by atoms with van der Waals surface area (Å²) >= 11 is 0. The first kappa shape index (κ1) is 11.6. The zero-order valence-electron chi connectivity index (χ0n) is 8.33. The molecule has 1 atom stereocenters. The van der Waals surface area contributed by atoms with E-state index in [9.17, 15) is 9.90 Å². The molecule has 1 aromatic heterocycles. The van der Waals surface area contributed by atoms with Crippen molar-refractivity contribution in [3.8, 4) is 0 Å². The van der Waals surface area contributed by atoms with Gasteiger partial charge in [-0.1, -0.05) is 5.21 Å². The molecule has 1 rings (SSSR count). The topological polar surface area (TPSA) is 97.5 Å². The molecule has 2 N–H and O–H groups in total. The van der Waals surface area contributed by atoms with E-state index in [1.165, 1.54) is 10.9 Å². The molecule has 7 heteroatoms. The summed E-state index contributed by atoms with van der Waals surface area (Å²) < 4.78 is 6.26. The Labute approximate surface area is 86.3 Å². The SMILES string of the molecule is CCOCC(O)Cn1cc(C(=O)O)nn1. The second kappa shape index (κ2) is 5.42. The van der Waals surface area contributed by atoms with E-state index in [2.05, 4.69) is 10.3 Å². The Kier molecular flexibility index (Phi) is 4.19. The van der Waals surface area contributed by atoms with E-state index < -0.39 is 12.1 Å². The molecule has 1 heterocycles. The summed E-state index contributed by atoms with van der Waals surface area (Å²) in [5.41, 5.74) is -0.140. The number of aliphatic hydroxyl groups is 1. The van der Waals surface area contributed by atoms with Crippen LogP contribution in [0.1, 0.15) is 17.4 Å². The molecule has 1 unspecified atom stereocenters. The van der Waals surface area contributed by atoms with Crippen LogP contribution < -0.4 is 0 Å². The van der Waals surface area contributed by atoms with Gasteiger partial charge in [-0.25, -0.2) is 9.48 Å². The van der Waals surface area contributed by atoms with Crippen LogP contribution in [0.25, 0.3) is 0 Å². The number of carbonyl (C=O) groups is 1. The van der Waals surface area contributed by atoms with Crippen LogP contribution in [0.2, 0.25) is 0 Å². The van der Waals surface area contributed by atoms with Crippen molar-refractivity contribution in [2.75, 3.05) is 13.2 Å². The number of hydrogen-bond acceptors (Lipinski definition) is 5. The van der Waals surface area contributed by atoms with Crippen LogP contribution in [0, 0.1) is 0 Å². The minimum absolute atomic E-state index is 0.140. The average Bonchev–Trinajstić information content (AvgIpc) is 2.63. The number of carboxylic acid groups (broad SMARTS) is 1. The van der Waals surface area contributed by atoms with Crippen LogP contribution in [0.3, 0.4) is 0 Å². The number of nitrogens with zero attached hydrogens (tertiary/aromatic N) is 3. The molecule has 0 amide bonds. The molecule has 0 spiro atoms. The lowest BCUT2D eigenvalue weighted by atomic mass is 10.4. The van der Waals surface area contributed by atoms with Crippen molar-refractivity contribution in [2.45, 2.75) is 19.6 Å². The standard InChI is InChI=1S/C8H13N3O4/c1-2-15-5-6(12)3-11-4-7(8(13)14)9-10-11/h4,6,12H,2-3,5H2,1H3,(H,13,14). The van der Waals surface area contributed by atoms with Gasteiger partial charge in [0.25, 0.3) is 0 Å². The molecule has 0 aliphatic heterocycles. The molecule has 84 valence electrons. The Morgan fingerprint density at radius 1 is 1.73 bits per heavy atom. The minimum atomic E-state index is -1.14. The van der Waals surface area contributed by atoms with E-state index in [0.29, 0.717) is 6.61 Å². The molecule has 0 saturated carbocycles. The van der Waals surface area contributed by atoms with E-state index in [1.54, 1.807) is 0 Å². The fraction of sp³-hybridized carbons (Fsp3) is 0.625. The molecule has 0 aliphatic rings. The van der Waals surface area contributed by atoms with Crippen LogP contribution in [-0.4, -0.2) is 50.5 Å². The Hall–Kier alpha value is -1.47. The van der Waals surface area contributed by atoms with Gasteiger partial charge in [0.05, 0.1) is 25.5 Å². The summed E-state index contributed by atoms with van der Waals surface area (Å²) in [6, 6.07) is 0. The number of aromatic nitrogens is 3. The lowest BCUT2D eigenvalue weighted by molar-refractivity contribution is 0.0313. The third-order valence-corrected chi connectivity index (χ3v) is 1.67. The molecular weight excluding hydrogens is 202 g/mol. The maximum absolute atomic E-state index is 10.5. The van der Waals surface area contributed by atoms with Gasteiger partial charge in [-0.3, -0.25) is 0 Å². The zero-order chi connectivity index (χ0) is 11.3. The Bertz CT molecular complexity index is 325. The van der Waals surface area contributed by atoms with Crippen molar-refractivity contribution in [1.29, 1.82) is 0 Å². The van der Waals surface area contributed by atoms with E-state index in [4.69, 9.17) is 9.84 Å². The quantitative estimate of drug-likeness (QED) is 0.656. The second-order valence-corrected chi connectivity index (χ2v) is 2.94. The number of aromatic carboxylic acids is 1. The minimum Gasteiger partial charge on any atom is -0.476 e. The largest absolute Gasteiger partial charge is 0.476 e. The number of ether oxygens (including phenoxy) is 1. The van der Waals surface area contributed by atoms with Crippen molar-refractivity contribution in [3.05, 3.63) is 11.9 Å². The molecular formula is C8H13N3O4. The van der Waals surface area contributed by atoms with E-state index in [1.807, 2.05) is 6.92 Å². The lowest BCUT2D eigenvalue weighted by Gasteiger charge is -2.09. The molecule has 7 nitrogen and oxygen atoms in total.